The van der Waals surface area contributed by atoms with Gasteiger partial charge in [-0.05, 0) is 54.6 Å². The minimum Gasteiger partial charge on any atom is -0.458 e. The van der Waals surface area contributed by atoms with Crippen molar-refractivity contribution in [3.63, 3.8) is 0 Å². The average Bonchev–Trinajstić information content (AvgIpc) is 3.60. The van der Waals surface area contributed by atoms with Gasteiger partial charge in [0, 0.05) is 11.1 Å². The SMILES string of the molecule is O=C1C2ON(c3ccccc3)C(c3ccc(-c4ccccc4[N+](=O)[O-])o3)C2C(=O)N1c1ccc(Cl)cc1. The van der Waals surface area contributed by atoms with Crippen molar-refractivity contribution in [2.75, 3.05) is 9.96 Å². The van der Waals surface area contributed by atoms with E-state index in [1.165, 1.54) is 11.1 Å². The summed E-state index contributed by atoms with van der Waals surface area (Å²) in [6.45, 7) is 0. The lowest BCUT2D eigenvalue weighted by Crippen LogP contribution is -2.37. The molecule has 1 aromatic heterocycles. The first-order chi connectivity index (χ1) is 17.9. The molecule has 2 saturated heterocycles. The van der Waals surface area contributed by atoms with E-state index in [-0.39, 0.29) is 11.4 Å². The molecular formula is C27H18ClN3O6. The minimum absolute atomic E-state index is 0.107. The number of amides is 2. The number of para-hydroxylation sites is 2. The van der Waals surface area contributed by atoms with Gasteiger partial charge in [0.1, 0.15) is 23.5 Å². The Morgan fingerprint density at radius 3 is 2.24 bits per heavy atom. The normalized spacial score (nSPS) is 20.9. The highest BCUT2D eigenvalue weighted by molar-refractivity contribution is 6.31. The zero-order chi connectivity index (χ0) is 25.7. The Kier molecular flexibility index (Phi) is 5.51. The molecule has 6 rings (SSSR count). The van der Waals surface area contributed by atoms with Crippen LogP contribution in [0.1, 0.15) is 11.8 Å². The summed E-state index contributed by atoms with van der Waals surface area (Å²) in [5.41, 5.74) is 1.22. The van der Waals surface area contributed by atoms with E-state index in [9.17, 15) is 19.7 Å². The van der Waals surface area contributed by atoms with Crippen molar-refractivity contribution in [2.24, 2.45) is 5.92 Å². The van der Waals surface area contributed by atoms with Gasteiger partial charge in [-0.25, -0.2) is 9.96 Å². The molecule has 0 spiro atoms. The number of nitrogens with zero attached hydrogens (tertiary/aromatic N) is 3. The molecule has 2 fully saturated rings. The number of carbonyl (C=O) groups is 2. The van der Waals surface area contributed by atoms with Gasteiger partial charge in [0.25, 0.3) is 11.6 Å². The van der Waals surface area contributed by atoms with Crippen molar-refractivity contribution in [3.8, 4) is 11.3 Å². The van der Waals surface area contributed by atoms with Gasteiger partial charge < -0.3 is 4.42 Å². The third kappa shape index (κ3) is 3.76. The Bertz CT molecular complexity index is 1520. The van der Waals surface area contributed by atoms with Gasteiger partial charge in [-0.1, -0.05) is 41.9 Å². The summed E-state index contributed by atoms with van der Waals surface area (Å²) >= 11 is 5.99. The lowest BCUT2D eigenvalue weighted by molar-refractivity contribution is -0.384. The number of nitro groups is 1. The van der Waals surface area contributed by atoms with Gasteiger partial charge in [0.15, 0.2) is 6.10 Å². The molecular weight excluding hydrogens is 498 g/mol. The summed E-state index contributed by atoms with van der Waals surface area (Å²) in [5.74, 6) is -1.24. The molecule has 0 aliphatic carbocycles. The van der Waals surface area contributed by atoms with Crippen molar-refractivity contribution in [1.82, 2.24) is 0 Å². The maximum Gasteiger partial charge on any atom is 0.280 e. The number of rotatable bonds is 5. The number of nitro benzene ring substituents is 1. The Balaban J connectivity index is 1.43. The second-order valence-corrected chi connectivity index (χ2v) is 9.06. The Morgan fingerprint density at radius 1 is 0.811 bits per heavy atom. The predicted octanol–water partition coefficient (Wildman–Crippen LogP) is 5.56. The van der Waals surface area contributed by atoms with Gasteiger partial charge in [-0.15, -0.1) is 0 Å². The zero-order valence-electron chi connectivity index (χ0n) is 19.1. The van der Waals surface area contributed by atoms with Crippen molar-refractivity contribution in [3.05, 3.63) is 112 Å². The summed E-state index contributed by atoms with van der Waals surface area (Å²) in [6.07, 6.45) is -1.08. The third-order valence-electron chi connectivity index (χ3n) is 6.50. The molecule has 3 atom stereocenters. The van der Waals surface area contributed by atoms with Crippen molar-refractivity contribution < 1.29 is 23.8 Å². The molecule has 10 heteroatoms. The fourth-order valence-electron chi connectivity index (χ4n) is 4.84. The summed E-state index contributed by atoms with van der Waals surface area (Å²) in [6, 6.07) is 24.2. The number of imide groups is 1. The average molecular weight is 516 g/mol. The quantitative estimate of drug-likeness (QED) is 0.194. The lowest BCUT2D eigenvalue weighted by Gasteiger charge is -2.27. The molecule has 3 heterocycles. The predicted molar refractivity (Wildman–Crippen MR) is 135 cm³/mol. The van der Waals surface area contributed by atoms with Crippen LogP contribution < -0.4 is 9.96 Å². The number of hydrogen-bond acceptors (Lipinski definition) is 7. The number of fused-ring (bicyclic) bond motifs is 1. The summed E-state index contributed by atoms with van der Waals surface area (Å²) in [7, 11) is 0. The summed E-state index contributed by atoms with van der Waals surface area (Å²) in [5, 5.41) is 13.5. The van der Waals surface area contributed by atoms with Crippen LogP contribution >= 0.6 is 11.6 Å². The maximum absolute atomic E-state index is 13.7. The van der Waals surface area contributed by atoms with Gasteiger partial charge in [-0.3, -0.25) is 24.5 Å². The molecule has 4 aromatic rings. The highest BCUT2D eigenvalue weighted by atomic mass is 35.5. The summed E-state index contributed by atoms with van der Waals surface area (Å²) < 4.78 is 6.12. The molecule has 3 unspecified atom stereocenters. The molecule has 2 amide bonds. The highest BCUT2D eigenvalue weighted by Gasteiger charge is 2.61. The lowest BCUT2D eigenvalue weighted by atomic mass is 9.94. The van der Waals surface area contributed by atoms with Gasteiger partial charge >= 0.3 is 0 Å². The van der Waals surface area contributed by atoms with Crippen LogP contribution in [-0.4, -0.2) is 22.8 Å². The van der Waals surface area contributed by atoms with E-state index in [0.29, 0.717) is 27.7 Å². The fourth-order valence-corrected chi connectivity index (χ4v) is 4.97. The molecule has 0 radical (unpaired) electrons. The van der Waals surface area contributed by atoms with Crippen LogP contribution in [0.3, 0.4) is 0 Å². The van der Waals surface area contributed by atoms with E-state index in [2.05, 4.69) is 0 Å². The van der Waals surface area contributed by atoms with Gasteiger partial charge in [0.05, 0.1) is 21.9 Å². The van der Waals surface area contributed by atoms with Crippen LogP contribution in [0.5, 0.6) is 0 Å². The van der Waals surface area contributed by atoms with E-state index in [1.807, 2.05) is 18.2 Å². The largest absolute Gasteiger partial charge is 0.458 e. The number of hydrogen-bond donors (Lipinski definition) is 0. The Labute approximate surface area is 215 Å². The maximum atomic E-state index is 13.7. The van der Waals surface area contributed by atoms with Crippen LogP contribution in [0.15, 0.2) is 95.4 Å². The molecule has 2 aliphatic heterocycles. The fraction of sp³-hybridized carbons (Fsp3) is 0.111. The summed E-state index contributed by atoms with van der Waals surface area (Å²) in [4.78, 5) is 45.4. The van der Waals surface area contributed by atoms with E-state index in [1.54, 1.807) is 66.7 Å². The second kappa shape index (κ2) is 8.88. The number of hydroxylamine groups is 1. The van der Waals surface area contributed by atoms with Crippen LogP contribution in [0.25, 0.3) is 11.3 Å². The molecule has 3 aromatic carbocycles. The molecule has 0 saturated carbocycles. The molecule has 0 N–H and O–H groups in total. The Hall–Kier alpha value is -4.47. The number of halogens is 1. The first kappa shape index (κ1) is 23.0. The first-order valence-corrected chi connectivity index (χ1v) is 11.8. The van der Waals surface area contributed by atoms with Crippen LogP contribution in [0, 0.1) is 16.0 Å². The third-order valence-corrected chi connectivity index (χ3v) is 6.75. The van der Waals surface area contributed by atoms with E-state index in [4.69, 9.17) is 20.9 Å². The van der Waals surface area contributed by atoms with Crippen molar-refractivity contribution >= 4 is 40.5 Å². The van der Waals surface area contributed by atoms with Crippen molar-refractivity contribution in [1.29, 1.82) is 0 Å². The molecule has 0 bridgehead atoms. The minimum atomic E-state index is -1.08. The molecule has 37 heavy (non-hydrogen) atoms. The number of furan rings is 1. The number of carbonyl (C=O) groups excluding carboxylic acids is 2. The van der Waals surface area contributed by atoms with Gasteiger partial charge in [-0.2, -0.15) is 0 Å². The smallest absolute Gasteiger partial charge is 0.280 e. The standard InChI is InChI=1S/C27H18ClN3O6/c28-16-10-12-17(13-11-16)29-26(32)23-24(30(37-25(23)27(29)33)18-6-2-1-3-7-18)22-15-14-21(36-22)19-8-4-5-9-20(19)31(34)35/h1-15,23-25H. The Morgan fingerprint density at radius 2 is 1.51 bits per heavy atom. The molecule has 9 nitrogen and oxygen atoms in total. The van der Waals surface area contributed by atoms with Crippen molar-refractivity contribution in [2.45, 2.75) is 12.1 Å². The first-order valence-electron chi connectivity index (χ1n) is 11.4. The van der Waals surface area contributed by atoms with Crippen LogP contribution in [0.2, 0.25) is 5.02 Å². The monoisotopic (exact) mass is 515 g/mol. The molecule has 2 aliphatic rings. The molecule has 184 valence electrons. The van der Waals surface area contributed by atoms with Gasteiger partial charge in [0.2, 0.25) is 5.91 Å². The number of benzene rings is 3. The topological polar surface area (TPSA) is 106 Å². The van der Waals surface area contributed by atoms with E-state index in [0.717, 1.165) is 4.90 Å². The zero-order valence-corrected chi connectivity index (χ0v) is 19.8. The second-order valence-electron chi connectivity index (χ2n) is 8.62. The van der Waals surface area contributed by atoms with Crippen LogP contribution in [-0.2, 0) is 14.4 Å². The number of anilines is 2. The highest BCUT2D eigenvalue weighted by Crippen LogP contribution is 2.48. The van der Waals surface area contributed by atoms with E-state index < -0.39 is 34.8 Å². The van der Waals surface area contributed by atoms with Crippen LogP contribution in [0.4, 0.5) is 17.1 Å². The van der Waals surface area contributed by atoms with E-state index >= 15 is 0 Å².